The SMILES string of the molecule is CCOc1cc(C=Nn2c([C@H](C)CC)nc3ccc(Br)cc3c2=O)c(Br)c(Br)c1OCc1cccc(C(=O)O)c1. The maximum absolute atomic E-state index is 13.5. The molecule has 0 aliphatic rings. The molecular formula is C29H26Br3N3O5. The van der Waals surface area contributed by atoms with E-state index in [9.17, 15) is 14.7 Å². The van der Waals surface area contributed by atoms with Crippen LogP contribution in [0.5, 0.6) is 11.5 Å². The van der Waals surface area contributed by atoms with Crippen molar-refractivity contribution in [3.05, 3.63) is 94.8 Å². The van der Waals surface area contributed by atoms with Crippen molar-refractivity contribution in [1.82, 2.24) is 9.66 Å². The molecule has 0 unspecified atom stereocenters. The summed E-state index contributed by atoms with van der Waals surface area (Å²) < 4.78 is 15.3. The minimum absolute atomic E-state index is 0.00228. The number of halogens is 3. The molecule has 0 aliphatic carbocycles. The van der Waals surface area contributed by atoms with Crippen LogP contribution in [0.3, 0.4) is 0 Å². The van der Waals surface area contributed by atoms with Crippen LogP contribution in [0.1, 0.15) is 60.4 Å². The molecule has 1 atom stereocenters. The van der Waals surface area contributed by atoms with Crippen molar-refractivity contribution in [3.8, 4) is 11.5 Å². The summed E-state index contributed by atoms with van der Waals surface area (Å²) in [5.41, 5.74) is 1.88. The Hall–Kier alpha value is -3.02. The summed E-state index contributed by atoms with van der Waals surface area (Å²) in [5.74, 6) is 0.476. The first-order valence-corrected chi connectivity index (χ1v) is 14.9. The van der Waals surface area contributed by atoms with Crippen LogP contribution in [0.25, 0.3) is 10.9 Å². The fraction of sp³-hybridized carbons (Fsp3) is 0.241. The van der Waals surface area contributed by atoms with E-state index in [1.807, 2.05) is 32.9 Å². The van der Waals surface area contributed by atoms with Crippen molar-refractivity contribution in [2.24, 2.45) is 5.10 Å². The maximum atomic E-state index is 13.5. The van der Waals surface area contributed by atoms with Gasteiger partial charge in [-0.05, 0) is 87.2 Å². The molecule has 0 saturated carbocycles. The summed E-state index contributed by atoms with van der Waals surface area (Å²) in [6.07, 6.45) is 2.37. The minimum Gasteiger partial charge on any atom is -0.490 e. The van der Waals surface area contributed by atoms with Crippen molar-refractivity contribution in [2.75, 3.05) is 6.61 Å². The lowest BCUT2D eigenvalue weighted by molar-refractivity contribution is 0.0696. The number of hydrogen-bond donors (Lipinski definition) is 1. The fourth-order valence-electron chi connectivity index (χ4n) is 3.94. The fourth-order valence-corrected chi connectivity index (χ4v) is 5.24. The van der Waals surface area contributed by atoms with Gasteiger partial charge < -0.3 is 14.6 Å². The van der Waals surface area contributed by atoms with Crippen LogP contribution in [-0.2, 0) is 6.61 Å². The molecule has 4 rings (SSSR count). The first-order chi connectivity index (χ1) is 19.1. The van der Waals surface area contributed by atoms with E-state index in [1.54, 1.807) is 36.5 Å². The average molecular weight is 736 g/mol. The molecule has 3 aromatic carbocycles. The van der Waals surface area contributed by atoms with Crippen molar-refractivity contribution < 1.29 is 19.4 Å². The van der Waals surface area contributed by atoms with Gasteiger partial charge in [-0.2, -0.15) is 9.78 Å². The van der Waals surface area contributed by atoms with Crippen LogP contribution in [0, 0.1) is 0 Å². The Morgan fingerprint density at radius 2 is 1.88 bits per heavy atom. The Morgan fingerprint density at radius 3 is 2.58 bits per heavy atom. The highest BCUT2D eigenvalue weighted by molar-refractivity contribution is 9.13. The maximum Gasteiger partial charge on any atom is 0.335 e. The van der Waals surface area contributed by atoms with Crippen molar-refractivity contribution in [2.45, 2.75) is 39.7 Å². The van der Waals surface area contributed by atoms with E-state index < -0.39 is 5.97 Å². The Kier molecular flexibility index (Phi) is 9.81. The largest absolute Gasteiger partial charge is 0.490 e. The molecule has 0 saturated heterocycles. The number of nitrogens with zero attached hydrogens (tertiary/aromatic N) is 3. The number of carbonyl (C=O) groups is 1. The summed E-state index contributed by atoms with van der Waals surface area (Å²) in [7, 11) is 0. The van der Waals surface area contributed by atoms with Gasteiger partial charge in [0.1, 0.15) is 12.4 Å². The Labute approximate surface area is 256 Å². The normalized spacial score (nSPS) is 12.2. The van der Waals surface area contributed by atoms with Gasteiger partial charge in [0.25, 0.3) is 5.56 Å². The number of benzene rings is 3. The van der Waals surface area contributed by atoms with Gasteiger partial charge >= 0.3 is 5.97 Å². The summed E-state index contributed by atoms with van der Waals surface area (Å²) in [5, 5.41) is 14.3. The van der Waals surface area contributed by atoms with Crippen LogP contribution in [0.2, 0.25) is 0 Å². The Balaban J connectivity index is 1.75. The van der Waals surface area contributed by atoms with E-state index in [0.29, 0.717) is 54.9 Å². The van der Waals surface area contributed by atoms with Gasteiger partial charge in [-0.15, -0.1) is 0 Å². The molecule has 0 aliphatic heterocycles. The van der Waals surface area contributed by atoms with Gasteiger partial charge in [0.05, 0.1) is 33.8 Å². The molecule has 4 aromatic rings. The first-order valence-electron chi connectivity index (χ1n) is 12.5. The number of carboxylic acid groups (broad SMARTS) is 1. The van der Waals surface area contributed by atoms with Gasteiger partial charge in [0, 0.05) is 20.4 Å². The van der Waals surface area contributed by atoms with Gasteiger partial charge in [-0.3, -0.25) is 4.79 Å². The monoisotopic (exact) mass is 733 g/mol. The third-order valence-corrected chi connectivity index (χ3v) is 8.85. The predicted molar refractivity (Wildman–Crippen MR) is 166 cm³/mol. The highest BCUT2D eigenvalue weighted by Crippen LogP contribution is 2.43. The molecule has 0 radical (unpaired) electrons. The minimum atomic E-state index is -1.01. The third-order valence-electron chi connectivity index (χ3n) is 6.21. The van der Waals surface area contributed by atoms with Crippen molar-refractivity contribution >= 4 is 70.9 Å². The first kappa shape index (κ1) is 30.0. The lowest BCUT2D eigenvalue weighted by Crippen LogP contribution is -2.23. The molecule has 40 heavy (non-hydrogen) atoms. The quantitative estimate of drug-likeness (QED) is 0.167. The summed E-state index contributed by atoms with van der Waals surface area (Å²) in [4.78, 5) is 29.6. The average Bonchev–Trinajstić information content (AvgIpc) is 2.94. The third kappa shape index (κ3) is 6.47. The highest BCUT2D eigenvalue weighted by atomic mass is 79.9. The summed E-state index contributed by atoms with van der Waals surface area (Å²) in [6, 6.07) is 13.7. The Morgan fingerprint density at radius 1 is 1.10 bits per heavy atom. The number of rotatable bonds is 10. The number of carboxylic acids is 1. The summed E-state index contributed by atoms with van der Waals surface area (Å²) in [6.45, 7) is 6.43. The summed E-state index contributed by atoms with van der Waals surface area (Å²) >= 11 is 10.6. The van der Waals surface area contributed by atoms with Gasteiger partial charge in [-0.25, -0.2) is 9.78 Å². The molecule has 208 valence electrons. The molecule has 1 aromatic heterocycles. The second kappa shape index (κ2) is 13.1. The molecule has 0 bridgehead atoms. The van der Waals surface area contributed by atoms with Gasteiger partial charge in [-0.1, -0.05) is 41.9 Å². The topological polar surface area (TPSA) is 103 Å². The second-order valence-electron chi connectivity index (χ2n) is 8.95. The number of fused-ring (bicyclic) bond motifs is 1. The van der Waals surface area contributed by atoms with Crippen LogP contribution in [0.15, 0.2) is 71.8 Å². The smallest absolute Gasteiger partial charge is 0.335 e. The molecule has 0 spiro atoms. The van der Waals surface area contributed by atoms with E-state index >= 15 is 0 Å². The molecular weight excluding hydrogens is 710 g/mol. The lowest BCUT2D eigenvalue weighted by atomic mass is 10.1. The zero-order valence-corrected chi connectivity index (χ0v) is 26.7. The second-order valence-corrected chi connectivity index (χ2v) is 11.5. The number of aromatic carboxylic acids is 1. The van der Waals surface area contributed by atoms with Crippen LogP contribution < -0.4 is 15.0 Å². The van der Waals surface area contributed by atoms with Gasteiger partial charge in [0.2, 0.25) is 0 Å². The highest BCUT2D eigenvalue weighted by Gasteiger charge is 2.19. The van der Waals surface area contributed by atoms with Gasteiger partial charge in [0.15, 0.2) is 11.5 Å². The molecule has 8 nitrogen and oxygen atoms in total. The number of ether oxygens (including phenoxy) is 2. The van der Waals surface area contributed by atoms with E-state index in [1.165, 1.54) is 10.7 Å². The molecule has 1 N–H and O–H groups in total. The predicted octanol–water partition coefficient (Wildman–Crippen LogP) is 7.76. The van der Waals surface area contributed by atoms with E-state index in [-0.39, 0.29) is 23.6 Å². The molecule has 1 heterocycles. The van der Waals surface area contributed by atoms with E-state index in [2.05, 4.69) is 52.9 Å². The number of aromatic nitrogens is 2. The van der Waals surface area contributed by atoms with Crippen molar-refractivity contribution in [1.29, 1.82) is 0 Å². The standard InChI is InChI=1S/C29H26Br3N3O5/c1-4-16(3)27-34-22-10-9-20(30)13-21(22)28(36)35(27)33-14-19-12-23(39-5-2)26(25(32)24(19)31)40-15-17-7-6-8-18(11-17)29(37)38/h6-14,16H,4-5,15H2,1-3H3,(H,37,38)/t16-/m1/s1. The molecule has 0 fully saturated rings. The van der Waals surface area contributed by atoms with Crippen LogP contribution >= 0.6 is 47.8 Å². The Bertz CT molecular complexity index is 1670. The van der Waals surface area contributed by atoms with Crippen LogP contribution in [0.4, 0.5) is 0 Å². The van der Waals surface area contributed by atoms with Crippen molar-refractivity contribution in [3.63, 3.8) is 0 Å². The lowest BCUT2D eigenvalue weighted by Gasteiger charge is -2.17. The van der Waals surface area contributed by atoms with Crippen LogP contribution in [-0.4, -0.2) is 33.6 Å². The molecule has 0 amide bonds. The zero-order valence-electron chi connectivity index (χ0n) is 22.0. The van der Waals surface area contributed by atoms with E-state index in [0.717, 1.165) is 10.9 Å². The van der Waals surface area contributed by atoms with E-state index in [4.69, 9.17) is 14.5 Å². The molecule has 11 heteroatoms. The zero-order chi connectivity index (χ0) is 29.0. The number of hydrogen-bond acceptors (Lipinski definition) is 6.